The topological polar surface area (TPSA) is 12.9 Å². The van der Waals surface area contributed by atoms with Gasteiger partial charge in [-0.1, -0.05) is 84.1 Å². The summed E-state index contributed by atoms with van der Waals surface area (Å²) in [5, 5.41) is 0. The maximum atomic E-state index is 4.25. The number of aromatic nitrogens is 1. The first kappa shape index (κ1) is 21.4. The molecule has 1 atom stereocenters. The van der Waals surface area contributed by atoms with E-state index < -0.39 is 0 Å². The second-order valence-electron chi connectivity index (χ2n) is 6.36. The SMILES string of the molecule is CCCCCCCCCCCCC(CC)c1cccnc1.Cl. The molecule has 0 spiro atoms. The van der Waals surface area contributed by atoms with Gasteiger partial charge in [-0.3, -0.25) is 4.98 Å². The van der Waals surface area contributed by atoms with Crippen LogP contribution in [0.25, 0.3) is 0 Å². The minimum absolute atomic E-state index is 0. The fourth-order valence-electron chi connectivity index (χ4n) is 3.10. The Balaban J connectivity index is 0.00000441. The van der Waals surface area contributed by atoms with Gasteiger partial charge in [-0.2, -0.15) is 0 Å². The molecular weight excluding hydrogens is 290 g/mol. The molecule has 0 aliphatic carbocycles. The van der Waals surface area contributed by atoms with Crippen LogP contribution in [0.5, 0.6) is 0 Å². The van der Waals surface area contributed by atoms with Gasteiger partial charge < -0.3 is 0 Å². The Labute approximate surface area is 144 Å². The van der Waals surface area contributed by atoms with Gasteiger partial charge in [0, 0.05) is 12.4 Å². The molecule has 0 N–H and O–H groups in total. The van der Waals surface area contributed by atoms with Gasteiger partial charge in [-0.15, -0.1) is 12.4 Å². The molecule has 2 heteroatoms. The number of halogens is 1. The molecule has 1 aromatic rings. The van der Waals surface area contributed by atoms with Crippen LogP contribution in [-0.2, 0) is 0 Å². The summed E-state index contributed by atoms with van der Waals surface area (Å²) in [7, 11) is 0. The van der Waals surface area contributed by atoms with Crippen LogP contribution < -0.4 is 0 Å². The monoisotopic (exact) mass is 325 g/mol. The zero-order valence-electron chi connectivity index (χ0n) is 14.7. The smallest absolute Gasteiger partial charge is 0.0302 e. The number of pyridine rings is 1. The van der Waals surface area contributed by atoms with Crippen molar-refractivity contribution in [2.75, 3.05) is 0 Å². The minimum Gasteiger partial charge on any atom is -0.264 e. The van der Waals surface area contributed by atoms with E-state index in [0.29, 0.717) is 5.92 Å². The van der Waals surface area contributed by atoms with Crippen LogP contribution in [0.1, 0.15) is 102 Å². The largest absolute Gasteiger partial charge is 0.264 e. The highest BCUT2D eigenvalue weighted by molar-refractivity contribution is 5.85. The molecule has 22 heavy (non-hydrogen) atoms. The summed E-state index contributed by atoms with van der Waals surface area (Å²) in [6.45, 7) is 4.59. The molecule has 0 radical (unpaired) electrons. The lowest BCUT2D eigenvalue weighted by molar-refractivity contribution is 0.517. The molecular formula is C20H36ClN. The van der Waals surface area contributed by atoms with Crippen LogP contribution in [0.2, 0.25) is 0 Å². The van der Waals surface area contributed by atoms with Crippen LogP contribution in [0, 0.1) is 0 Å². The van der Waals surface area contributed by atoms with Crippen molar-refractivity contribution in [1.82, 2.24) is 4.98 Å². The molecule has 1 nitrogen and oxygen atoms in total. The molecule has 0 bridgehead atoms. The van der Waals surface area contributed by atoms with Crippen molar-refractivity contribution in [2.45, 2.75) is 96.8 Å². The zero-order valence-corrected chi connectivity index (χ0v) is 15.5. The van der Waals surface area contributed by atoms with Crippen LogP contribution in [0.15, 0.2) is 24.5 Å². The molecule has 1 aromatic heterocycles. The van der Waals surface area contributed by atoms with Crippen molar-refractivity contribution in [2.24, 2.45) is 0 Å². The van der Waals surface area contributed by atoms with E-state index in [2.05, 4.69) is 31.0 Å². The second-order valence-corrected chi connectivity index (χ2v) is 6.36. The number of hydrogen-bond acceptors (Lipinski definition) is 1. The maximum Gasteiger partial charge on any atom is 0.0302 e. The third-order valence-electron chi connectivity index (χ3n) is 4.55. The van der Waals surface area contributed by atoms with Gasteiger partial charge in [0.1, 0.15) is 0 Å². The van der Waals surface area contributed by atoms with E-state index >= 15 is 0 Å². The number of hydrogen-bond donors (Lipinski definition) is 0. The highest BCUT2D eigenvalue weighted by Gasteiger charge is 2.08. The van der Waals surface area contributed by atoms with Crippen LogP contribution >= 0.6 is 12.4 Å². The summed E-state index contributed by atoms with van der Waals surface area (Å²) in [6.07, 6.45) is 20.7. The number of unbranched alkanes of at least 4 members (excludes halogenated alkanes) is 9. The molecule has 0 saturated carbocycles. The molecule has 1 rings (SSSR count). The first-order valence-electron chi connectivity index (χ1n) is 9.28. The summed E-state index contributed by atoms with van der Waals surface area (Å²) < 4.78 is 0. The normalized spacial score (nSPS) is 11.9. The van der Waals surface area contributed by atoms with Crippen molar-refractivity contribution in [3.8, 4) is 0 Å². The van der Waals surface area contributed by atoms with Gasteiger partial charge >= 0.3 is 0 Å². The van der Waals surface area contributed by atoms with Gasteiger partial charge in [0.15, 0.2) is 0 Å². The quantitative estimate of drug-likeness (QED) is 0.346. The summed E-state index contributed by atoms with van der Waals surface area (Å²) in [6, 6.07) is 4.30. The lowest BCUT2D eigenvalue weighted by Gasteiger charge is -2.14. The molecule has 0 aliphatic rings. The Morgan fingerprint density at radius 3 is 1.95 bits per heavy atom. The fraction of sp³-hybridized carbons (Fsp3) is 0.750. The third-order valence-corrected chi connectivity index (χ3v) is 4.55. The Bertz CT molecular complexity index is 326. The number of rotatable bonds is 13. The molecule has 0 saturated heterocycles. The van der Waals surface area contributed by atoms with Gasteiger partial charge in [-0.05, 0) is 30.4 Å². The summed E-state index contributed by atoms with van der Waals surface area (Å²) in [4.78, 5) is 4.25. The zero-order chi connectivity index (χ0) is 15.2. The minimum atomic E-state index is 0. The first-order chi connectivity index (χ1) is 10.4. The first-order valence-corrected chi connectivity index (χ1v) is 9.28. The van der Waals surface area contributed by atoms with E-state index in [4.69, 9.17) is 0 Å². The average Bonchev–Trinajstić information content (AvgIpc) is 2.54. The van der Waals surface area contributed by atoms with Crippen molar-refractivity contribution >= 4 is 12.4 Å². The van der Waals surface area contributed by atoms with E-state index in [-0.39, 0.29) is 12.4 Å². The molecule has 0 aromatic carbocycles. The molecule has 0 amide bonds. The lowest BCUT2D eigenvalue weighted by Crippen LogP contribution is -1.98. The molecule has 1 unspecified atom stereocenters. The Kier molecular flexibility index (Phi) is 14.9. The Hall–Kier alpha value is -0.560. The molecule has 128 valence electrons. The Morgan fingerprint density at radius 2 is 1.45 bits per heavy atom. The van der Waals surface area contributed by atoms with Crippen LogP contribution in [0.3, 0.4) is 0 Å². The third kappa shape index (κ3) is 10.2. The van der Waals surface area contributed by atoms with Crippen molar-refractivity contribution < 1.29 is 0 Å². The van der Waals surface area contributed by atoms with Crippen molar-refractivity contribution in [3.63, 3.8) is 0 Å². The second kappa shape index (κ2) is 15.3. The van der Waals surface area contributed by atoms with Gasteiger partial charge in [0.25, 0.3) is 0 Å². The molecule has 0 fully saturated rings. The highest BCUT2D eigenvalue weighted by Crippen LogP contribution is 2.25. The molecule has 0 aliphatic heterocycles. The lowest BCUT2D eigenvalue weighted by atomic mass is 9.92. The Morgan fingerprint density at radius 1 is 0.864 bits per heavy atom. The van der Waals surface area contributed by atoms with E-state index in [9.17, 15) is 0 Å². The highest BCUT2D eigenvalue weighted by atomic mass is 35.5. The van der Waals surface area contributed by atoms with E-state index in [1.54, 1.807) is 0 Å². The van der Waals surface area contributed by atoms with Crippen LogP contribution in [0.4, 0.5) is 0 Å². The maximum absolute atomic E-state index is 4.25. The van der Waals surface area contributed by atoms with Gasteiger partial charge in [0.05, 0.1) is 0 Å². The van der Waals surface area contributed by atoms with E-state index in [0.717, 1.165) is 0 Å². The standard InChI is InChI=1S/C20H35N.ClH/c1-3-5-6-7-8-9-10-11-12-13-15-19(4-2)20-16-14-17-21-18-20;/h14,16-19H,3-13,15H2,1-2H3;1H. The number of nitrogens with zero attached hydrogens (tertiary/aromatic N) is 1. The van der Waals surface area contributed by atoms with E-state index in [1.807, 2.05) is 12.4 Å². The van der Waals surface area contributed by atoms with Crippen molar-refractivity contribution in [3.05, 3.63) is 30.1 Å². The average molecular weight is 326 g/mol. The van der Waals surface area contributed by atoms with Crippen LogP contribution in [-0.4, -0.2) is 4.98 Å². The van der Waals surface area contributed by atoms with E-state index in [1.165, 1.54) is 82.6 Å². The predicted molar refractivity (Wildman–Crippen MR) is 101 cm³/mol. The predicted octanol–water partition coefficient (Wildman–Crippen LogP) is 7.31. The summed E-state index contributed by atoms with van der Waals surface area (Å²) in [5.41, 5.74) is 1.43. The van der Waals surface area contributed by atoms with Gasteiger partial charge in [-0.25, -0.2) is 0 Å². The summed E-state index contributed by atoms with van der Waals surface area (Å²) in [5.74, 6) is 0.716. The fourth-order valence-corrected chi connectivity index (χ4v) is 3.10. The van der Waals surface area contributed by atoms with Gasteiger partial charge in [0.2, 0.25) is 0 Å². The van der Waals surface area contributed by atoms with Crippen molar-refractivity contribution in [1.29, 1.82) is 0 Å². The summed E-state index contributed by atoms with van der Waals surface area (Å²) >= 11 is 0. The molecule has 1 heterocycles.